The summed E-state index contributed by atoms with van der Waals surface area (Å²) in [6.07, 6.45) is 5.53. The average molecular weight is 454 g/mol. The Labute approximate surface area is 194 Å². The first-order chi connectivity index (χ1) is 16.2. The highest BCUT2D eigenvalue weighted by atomic mass is 19.1. The molecule has 1 unspecified atom stereocenters. The maximum Gasteiger partial charge on any atom is 0.231 e. The molecule has 1 atom stereocenters. The van der Waals surface area contributed by atoms with E-state index in [9.17, 15) is 9.18 Å². The Kier molecular flexibility index (Phi) is 6.67. The lowest BCUT2D eigenvalue weighted by atomic mass is 9.88. The Morgan fingerprint density at radius 3 is 2.45 bits per heavy atom. The predicted molar refractivity (Wildman–Crippen MR) is 125 cm³/mol. The minimum atomic E-state index is -0.214. The Hall–Kier alpha value is -2.80. The van der Waals surface area contributed by atoms with Gasteiger partial charge in [0.05, 0.1) is 6.04 Å². The van der Waals surface area contributed by atoms with Gasteiger partial charge in [-0.3, -0.25) is 9.69 Å². The molecule has 2 aromatic rings. The molecule has 6 nitrogen and oxygen atoms in total. The molecule has 5 rings (SSSR count). The third-order valence-electron chi connectivity index (χ3n) is 7.17. The number of hydrogen-bond donors (Lipinski definition) is 1. The van der Waals surface area contributed by atoms with Crippen molar-refractivity contribution in [2.75, 3.05) is 44.4 Å². The SMILES string of the molecule is O=C(NCC(c1ccc2c(c1)OCO2)N1CCN(c2ccc(F)cc2)CC1)C1CCCCC1. The van der Waals surface area contributed by atoms with E-state index in [1.54, 1.807) is 0 Å². The van der Waals surface area contributed by atoms with Crippen molar-refractivity contribution in [3.05, 3.63) is 53.8 Å². The number of benzene rings is 2. The van der Waals surface area contributed by atoms with Gasteiger partial charge in [-0.15, -0.1) is 0 Å². The van der Waals surface area contributed by atoms with Crippen molar-refractivity contribution in [3.63, 3.8) is 0 Å². The maximum absolute atomic E-state index is 13.3. The zero-order chi connectivity index (χ0) is 22.6. The third kappa shape index (κ3) is 5.08. The van der Waals surface area contributed by atoms with Crippen LogP contribution in [0, 0.1) is 11.7 Å². The molecule has 0 bridgehead atoms. The Morgan fingerprint density at radius 2 is 1.70 bits per heavy atom. The summed E-state index contributed by atoms with van der Waals surface area (Å²) in [5.74, 6) is 1.65. The van der Waals surface area contributed by atoms with Crippen molar-refractivity contribution in [1.82, 2.24) is 10.2 Å². The second kappa shape index (κ2) is 10.00. The Morgan fingerprint density at radius 1 is 0.970 bits per heavy atom. The van der Waals surface area contributed by atoms with Crippen LogP contribution in [-0.2, 0) is 4.79 Å². The van der Waals surface area contributed by atoms with Crippen molar-refractivity contribution >= 4 is 11.6 Å². The number of ether oxygens (including phenoxy) is 2. The standard InChI is InChI=1S/C26H32FN3O3/c27-21-7-9-22(10-8-21)29-12-14-30(15-13-29)23(17-28-26(31)19-4-2-1-3-5-19)20-6-11-24-25(16-20)33-18-32-24/h6-11,16,19,23H,1-5,12-15,17-18H2,(H,28,31). The quantitative estimate of drug-likeness (QED) is 0.713. The fourth-order valence-electron chi connectivity index (χ4n) is 5.23. The molecule has 0 aromatic heterocycles. The van der Waals surface area contributed by atoms with Crippen molar-refractivity contribution in [3.8, 4) is 11.5 Å². The third-order valence-corrected chi connectivity index (χ3v) is 7.17. The van der Waals surface area contributed by atoms with E-state index in [0.29, 0.717) is 6.54 Å². The van der Waals surface area contributed by atoms with E-state index in [-0.39, 0.29) is 30.5 Å². The highest BCUT2D eigenvalue weighted by Gasteiger charge is 2.29. The molecular weight excluding hydrogens is 421 g/mol. The molecule has 2 aliphatic heterocycles. The molecular formula is C26H32FN3O3. The number of rotatable bonds is 6. The van der Waals surface area contributed by atoms with Crippen LogP contribution in [0.3, 0.4) is 0 Å². The number of hydrogen-bond acceptors (Lipinski definition) is 5. The summed E-state index contributed by atoms with van der Waals surface area (Å²) in [4.78, 5) is 17.6. The van der Waals surface area contributed by atoms with Crippen LogP contribution in [0.25, 0.3) is 0 Å². The predicted octanol–water partition coefficient (Wildman–Crippen LogP) is 4.11. The molecule has 2 fully saturated rings. The molecule has 176 valence electrons. The molecule has 1 saturated heterocycles. The van der Waals surface area contributed by atoms with Gasteiger partial charge >= 0.3 is 0 Å². The van der Waals surface area contributed by atoms with E-state index in [0.717, 1.165) is 74.6 Å². The second-order valence-electron chi connectivity index (χ2n) is 9.21. The van der Waals surface area contributed by atoms with Gasteiger partial charge in [0.25, 0.3) is 0 Å². The Balaban J connectivity index is 1.28. The fraction of sp³-hybridized carbons (Fsp3) is 0.500. The van der Waals surface area contributed by atoms with Crippen LogP contribution in [0.2, 0.25) is 0 Å². The van der Waals surface area contributed by atoms with Gasteiger partial charge in [0.2, 0.25) is 12.7 Å². The van der Waals surface area contributed by atoms with Gasteiger partial charge in [-0.25, -0.2) is 4.39 Å². The largest absolute Gasteiger partial charge is 0.454 e. The van der Waals surface area contributed by atoms with Gasteiger partial charge in [0.1, 0.15) is 5.82 Å². The van der Waals surface area contributed by atoms with Gasteiger partial charge < -0.3 is 19.7 Å². The molecule has 0 spiro atoms. The number of carbonyl (C=O) groups is 1. The van der Waals surface area contributed by atoms with Gasteiger partial charge in [-0.2, -0.15) is 0 Å². The van der Waals surface area contributed by atoms with Crippen molar-refractivity contribution in [2.24, 2.45) is 5.92 Å². The monoisotopic (exact) mass is 453 g/mol. The molecule has 1 N–H and O–H groups in total. The van der Waals surface area contributed by atoms with Crippen molar-refractivity contribution < 1.29 is 18.7 Å². The summed E-state index contributed by atoms with van der Waals surface area (Å²) in [7, 11) is 0. The van der Waals surface area contributed by atoms with Crippen molar-refractivity contribution in [1.29, 1.82) is 0 Å². The number of fused-ring (bicyclic) bond motifs is 1. The van der Waals surface area contributed by atoms with E-state index in [1.165, 1.54) is 18.6 Å². The number of nitrogens with zero attached hydrogens (tertiary/aromatic N) is 2. The van der Waals surface area contributed by atoms with E-state index >= 15 is 0 Å². The lowest BCUT2D eigenvalue weighted by Crippen LogP contribution is -2.50. The number of amides is 1. The van der Waals surface area contributed by atoms with Crippen LogP contribution in [0.4, 0.5) is 10.1 Å². The summed E-state index contributed by atoms with van der Waals surface area (Å²) in [5, 5.41) is 3.26. The van der Waals surface area contributed by atoms with Gasteiger partial charge in [-0.1, -0.05) is 25.3 Å². The minimum absolute atomic E-state index is 0.0578. The molecule has 1 saturated carbocycles. The molecule has 2 heterocycles. The topological polar surface area (TPSA) is 54.0 Å². The molecule has 0 radical (unpaired) electrons. The molecule has 1 aliphatic carbocycles. The Bertz CT molecular complexity index is 954. The zero-order valence-corrected chi connectivity index (χ0v) is 19.0. The lowest BCUT2D eigenvalue weighted by molar-refractivity contribution is -0.126. The fourth-order valence-corrected chi connectivity index (χ4v) is 5.23. The number of carbonyl (C=O) groups excluding carboxylic acids is 1. The zero-order valence-electron chi connectivity index (χ0n) is 19.0. The van der Waals surface area contributed by atoms with Gasteiger partial charge in [0.15, 0.2) is 11.5 Å². The molecule has 3 aliphatic rings. The second-order valence-corrected chi connectivity index (χ2v) is 9.21. The lowest BCUT2D eigenvalue weighted by Gasteiger charge is -2.40. The van der Waals surface area contributed by atoms with Crippen LogP contribution in [0.5, 0.6) is 11.5 Å². The molecule has 7 heteroatoms. The number of halogens is 1. The highest BCUT2D eigenvalue weighted by Crippen LogP contribution is 2.36. The molecule has 1 amide bonds. The first-order valence-corrected chi connectivity index (χ1v) is 12.1. The number of piperazine rings is 1. The summed E-state index contributed by atoms with van der Waals surface area (Å²) in [6, 6.07) is 12.8. The van der Waals surface area contributed by atoms with Crippen LogP contribution in [0.1, 0.15) is 43.7 Å². The minimum Gasteiger partial charge on any atom is -0.454 e. The first-order valence-electron chi connectivity index (χ1n) is 12.1. The summed E-state index contributed by atoms with van der Waals surface area (Å²) < 4.78 is 24.4. The number of nitrogens with one attached hydrogen (secondary N) is 1. The van der Waals surface area contributed by atoms with Crippen LogP contribution in [0.15, 0.2) is 42.5 Å². The average Bonchev–Trinajstić information content (AvgIpc) is 3.34. The molecule has 2 aromatic carbocycles. The van der Waals surface area contributed by atoms with E-state index in [1.807, 2.05) is 24.3 Å². The van der Waals surface area contributed by atoms with Crippen LogP contribution in [-0.4, -0.2) is 50.3 Å². The van der Waals surface area contributed by atoms with E-state index in [4.69, 9.17) is 9.47 Å². The van der Waals surface area contributed by atoms with Gasteiger partial charge in [-0.05, 0) is 54.8 Å². The summed E-state index contributed by atoms with van der Waals surface area (Å²) >= 11 is 0. The van der Waals surface area contributed by atoms with Gasteiger partial charge in [0, 0.05) is 44.3 Å². The smallest absolute Gasteiger partial charge is 0.231 e. The molecule has 33 heavy (non-hydrogen) atoms. The normalized spacial score (nSPS) is 20.0. The number of anilines is 1. The first kappa shape index (κ1) is 22.0. The summed E-state index contributed by atoms with van der Waals surface area (Å²) in [6.45, 7) is 4.24. The maximum atomic E-state index is 13.3. The van der Waals surface area contributed by atoms with E-state index in [2.05, 4.69) is 21.2 Å². The summed E-state index contributed by atoms with van der Waals surface area (Å²) in [5.41, 5.74) is 2.17. The highest BCUT2D eigenvalue weighted by molar-refractivity contribution is 5.78. The van der Waals surface area contributed by atoms with Crippen LogP contribution >= 0.6 is 0 Å². The van der Waals surface area contributed by atoms with E-state index < -0.39 is 0 Å². The van der Waals surface area contributed by atoms with Crippen LogP contribution < -0.4 is 19.7 Å². The van der Waals surface area contributed by atoms with Crippen molar-refractivity contribution in [2.45, 2.75) is 38.1 Å².